The lowest BCUT2D eigenvalue weighted by molar-refractivity contribution is -0.126. The van der Waals surface area contributed by atoms with E-state index in [9.17, 15) is 4.79 Å². The van der Waals surface area contributed by atoms with Crippen LogP contribution in [-0.4, -0.2) is 21.7 Å². The number of rotatable bonds is 5. The normalized spacial score (nSPS) is 15.2. The minimum absolute atomic E-state index is 0.0595. The van der Waals surface area contributed by atoms with Gasteiger partial charge >= 0.3 is 0 Å². The van der Waals surface area contributed by atoms with E-state index in [1.165, 1.54) is 0 Å². The number of carbonyl (C=O) groups excluding carboxylic acids is 1. The lowest BCUT2D eigenvalue weighted by atomic mass is 9.92. The molecule has 1 aromatic heterocycles. The summed E-state index contributed by atoms with van der Waals surface area (Å²) in [6.45, 7) is 4.25. The first kappa shape index (κ1) is 15.7. The highest BCUT2D eigenvalue weighted by Gasteiger charge is 2.31. The van der Waals surface area contributed by atoms with Crippen LogP contribution >= 0.6 is 15.9 Å². The summed E-state index contributed by atoms with van der Waals surface area (Å²) >= 11 is 3.37. The fourth-order valence-corrected chi connectivity index (χ4v) is 2.30. The average Bonchev–Trinajstić information content (AvgIpc) is 2.91. The first-order chi connectivity index (χ1) is 9.89. The van der Waals surface area contributed by atoms with Gasteiger partial charge in [0.25, 0.3) is 0 Å². The van der Waals surface area contributed by atoms with Gasteiger partial charge < -0.3 is 11.1 Å². The zero-order valence-electron chi connectivity index (χ0n) is 12.1. The monoisotopic (exact) mass is 350 g/mol. The molecule has 0 fully saturated rings. The fourth-order valence-electron chi connectivity index (χ4n) is 2.04. The predicted octanol–water partition coefficient (Wildman–Crippen LogP) is 2.02. The third-order valence-electron chi connectivity index (χ3n) is 3.31. The van der Waals surface area contributed by atoms with Gasteiger partial charge in [0.2, 0.25) is 5.91 Å². The summed E-state index contributed by atoms with van der Waals surface area (Å²) < 4.78 is 2.73. The quantitative estimate of drug-likeness (QED) is 0.866. The Morgan fingerprint density at radius 3 is 2.71 bits per heavy atom. The smallest absolute Gasteiger partial charge is 0.244 e. The van der Waals surface area contributed by atoms with Gasteiger partial charge in [-0.1, -0.05) is 28.1 Å². The molecular weight excluding hydrogens is 332 g/mol. The highest BCUT2D eigenvalue weighted by molar-refractivity contribution is 9.10. The molecule has 2 aromatic rings. The number of amides is 1. The lowest BCUT2D eigenvalue weighted by Crippen LogP contribution is -2.52. The zero-order chi connectivity index (χ0) is 15.5. The molecule has 0 aliphatic rings. The Kier molecular flexibility index (Phi) is 4.80. The van der Waals surface area contributed by atoms with E-state index in [-0.39, 0.29) is 11.9 Å². The molecule has 2 rings (SSSR count). The van der Waals surface area contributed by atoms with Crippen LogP contribution in [0.25, 0.3) is 0 Å². The fraction of sp³-hybridized carbons (Fsp3) is 0.333. The molecule has 0 radical (unpaired) electrons. The predicted molar refractivity (Wildman–Crippen MR) is 85.5 cm³/mol. The van der Waals surface area contributed by atoms with Crippen molar-refractivity contribution in [1.29, 1.82) is 0 Å². The van der Waals surface area contributed by atoms with Crippen molar-refractivity contribution in [2.75, 3.05) is 0 Å². The zero-order valence-corrected chi connectivity index (χ0v) is 13.7. The summed E-state index contributed by atoms with van der Waals surface area (Å²) in [4.78, 5) is 12.4. The molecule has 0 bridgehead atoms. The lowest BCUT2D eigenvalue weighted by Gasteiger charge is -2.26. The molecule has 1 aromatic carbocycles. The molecule has 0 saturated carbocycles. The third kappa shape index (κ3) is 3.92. The molecule has 5 nitrogen and oxygen atoms in total. The number of aromatic nitrogens is 2. The Bertz CT molecular complexity index is 593. The number of hydrogen-bond acceptors (Lipinski definition) is 3. The SMILES string of the molecule is CC(Cn1cccn1)NC(=O)C(C)(N)c1ccc(Br)cc1. The maximum atomic E-state index is 12.4. The molecule has 1 heterocycles. The number of halogens is 1. The number of hydrogen-bond donors (Lipinski definition) is 2. The molecule has 21 heavy (non-hydrogen) atoms. The summed E-state index contributed by atoms with van der Waals surface area (Å²) in [5, 5.41) is 7.06. The second-order valence-corrected chi connectivity index (χ2v) is 6.23. The summed E-state index contributed by atoms with van der Waals surface area (Å²) in [5.41, 5.74) is 5.91. The number of benzene rings is 1. The first-order valence-corrected chi connectivity index (χ1v) is 7.52. The average molecular weight is 351 g/mol. The molecule has 6 heteroatoms. The highest BCUT2D eigenvalue weighted by Crippen LogP contribution is 2.20. The second-order valence-electron chi connectivity index (χ2n) is 5.31. The molecular formula is C15H19BrN4O. The minimum atomic E-state index is -1.07. The van der Waals surface area contributed by atoms with Crippen LogP contribution in [0.1, 0.15) is 19.4 Å². The molecule has 0 aliphatic carbocycles. The van der Waals surface area contributed by atoms with Crippen LogP contribution in [0.5, 0.6) is 0 Å². The van der Waals surface area contributed by atoms with Gasteiger partial charge in [-0.3, -0.25) is 9.48 Å². The van der Waals surface area contributed by atoms with Crippen LogP contribution in [0, 0.1) is 0 Å². The Labute approximate surface area is 132 Å². The van der Waals surface area contributed by atoms with E-state index in [0.717, 1.165) is 10.0 Å². The Hall–Kier alpha value is -1.66. The van der Waals surface area contributed by atoms with Crippen LogP contribution in [0.3, 0.4) is 0 Å². The summed E-state index contributed by atoms with van der Waals surface area (Å²) in [5.74, 6) is -0.204. The molecule has 2 atom stereocenters. The largest absolute Gasteiger partial charge is 0.350 e. The van der Waals surface area contributed by atoms with E-state index in [4.69, 9.17) is 5.73 Å². The van der Waals surface area contributed by atoms with Gasteiger partial charge in [-0.05, 0) is 37.6 Å². The molecule has 2 unspecified atom stereocenters. The molecule has 0 saturated heterocycles. The van der Waals surface area contributed by atoms with Gasteiger partial charge in [0.15, 0.2) is 0 Å². The van der Waals surface area contributed by atoms with Crippen molar-refractivity contribution in [3.8, 4) is 0 Å². The molecule has 1 amide bonds. The van der Waals surface area contributed by atoms with Crippen LogP contribution in [0.2, 0.25) is 0 Å². The Morgan fingerprint density at radius 2 is 2.14 bits per heavy atom. The highest BCUT2D eigenvalue weighted by atomic mass is 79.9. The van der Waals surface area contributed by atoms with E-state index in [1.54, 1.807) is 17.8 Å². The number of carbonyl (C=O) groups is 1. The van der Waals surface area contributed by atoms with Crippen LogP contribution < -0.4 is 11.1 Å². The van der Waals surface area contributed by atoms with Crippen molar-refractivity contribution >= 4 is 21.8 Å². The van der Waals surface area contributed by atoms with Gasteiger partial charge in [-0.2, -0.15) is 5.10 Å². The van der Waals surface area contributed by atoms with Crippen molar-refractivity contribution in [3.63, 3.8) is 0 Å². The number of nitrogens with one attached hydrogen (secondary N) is 1. The molecule has 112 valence electrons. The third-order valence-corrected chi connectivity index (χ3v) is 3.84. The van der Waals surface area contributed by atoms with Crippen molar-refractivity contribution in [3.05, 3.63) is 52.8 Å². The number of nitrogens with two attached hydrogens (primary N) is 1. The van der Waals surface area contributed by atoms with E-state index < -0.39 is 5.54 Å². The minimum Gasteiger partial charge on any atom is -0.350 e. The topological polar surface area (TPSA) is 72.9 Å². The standard InChI is InChI=1S/C15H19BrN4O/c1-11(10-20-9-3-8-18-20)19-14(21)15(2,17)12-4-6-13(16)7-5-12/h3-9,11H,10,17H2,1-2H3,(H,19,21). The van der Waals surface area contributed by atoms with Crippen LogP contribution in [0.4, 0.5) is 0 Å². The van der Waals surface area contributed by atoms with Crippen molar-refractivity contribution in [2.24, 2.45) is 5.73 Å². The van der Waals surface area contributed by atoms with E-state index in [0.29, 0.717) is 6.54 Å². The van der Waals surface area contributed by atoms with Crippen molar-refractivity contribution in [2.45, 2.75) is 32.0 Å². The second kappa shape index (κ2) is 6.41. The number of nitrogens with zero attached hydrogens (tertiary/aromatic N) is 2. The first-order valence-electron chi connectivity index (χ1n) is 6.73. The van der Waals surface area contributed by atoms with Crippen LogP contribution in [-0.2, 0) is 16.9 Å². The Balaban J connectivity index is 2.02. The molecule has 3 N–H and O–H groups in total. The van der Waals surface area contributed by atoms with Gasteiger partial charge in [-0.25, -0.2) is 0 Å². The van der Waals surface area contributed by atoms with E-state index >= 15 is 0 Å². The summed E-state index contributed by atoms with van der Waals surface area (Å²) in [6.07, 6.45) is 3.57. The van der Waals surface area contributed by atoms with E-state index in [1.807, 2.05) is 43.5 Å². The van der Waals surface area contributed by atoms with Crippen molar-refractivity contribution < 1.29 is 4.79 Å². The molecule has 0 aliphatic heterocycles. The van der Waals surface area contributed by atoms with Gasteiger partial charge in [0, 0.05) is 22.9 Å². The maximum Gasteiger partial charge on any atom is 0.244 e. The summed E-state index contributed by atoms with van der Waals surface area (Å²) in [6, 6.07) is 9.24. The maximum absolute atomic E-state index is 12.4. The van der Waals surface area contributed by atoms with Gasteiger partial charge in [-0.15, -0.1) is 0 Å². The van der Waals surface area contributed by atoms with Crippen molar-refractivity contribution in [1.82, 2.24) is 15.1 Å². The molecule has 0 spiro atoms. The van der Waals surface area contributed by atoms with Gasteiger partial charge in [0.05, 0.1) is 6.54 Å². The van der Waals surface area contributed by atoms with Gasteiger partial charge in [0.1, 0.15) is 5.54 Å². The summed E-state index contributed by atoms with van der Waals surface area (Å²) in [7, 11) is 0. The Morgan fingerprint density at radius 1 is 1.48 bits per heavy atom. The van der Waals surface area contributed by atoms with E-state index in [2.05, 4.69) is 26.3 Å². The van der Waals surface area contributed by atoms with Crippen LogP contribution in [0.15, 0.2) is 47.2 Å².